The van der Waals surface area contributed by atoms with Crippen LogP contribution in [0.2, 0.25) is 0 Å². The minimum absolute atomic E-state index is 0.102. The van der Waals surface area contributed by atoms with Crippen LogP contribution < -0.4 is 0 Å². The Kier molecular flexibility index (Phi) is 3.44. The number of ketones is 1. The van der Waals surface area contributed by atoms with Crippen molar-refractivity contribution in [1.82, 2.24) is 0 Å². The molecule has 0 saturated heterocycles. The van der Waals surface area contributed by atoms with Crippen LogP contribution in [0.4, 0.5) is 5.69 Å². The number of furan rings is 1. The number of benzene rings is 2. The normalized spacial score (nSPS) is 10.8. The monoisotopic (exact) mass is 297 g/mol. The molecule has 6 nitrogen and oxygen atoms in total. The number of aliphatic hydroxyl groups excluding tert-OH is 1. The number of nitro groups is 1. The predicted octanol–water partition coefficient (Wildman–Crippen LogP) is 3.06. The van der Waals surface area contributed by atoms with Gasteiger partial charge in [-0.1, -0.05) is 18.2 Å². The molecule has 0 amide bonds. The molecule has 1 heterocycles. The SMILES string of the molecule is O=C(c1cccc([N+](=O)[O-])c1)c1cc2cc(CO)ccc2o1. The van der Waals surface area contributed by atoms with Crippen molar-refractivity contribution in [3.05, 3.63) is 75.5 Å². The van der Waals surface area contributed by atoms with Gasteiger partial charge in [0.2, 0.25) is 5.78 Å². The van der Waals surface area contributed by atoms with Crippen molar-refractivity contribution in [3.63, 3.8) is 0 Å². The highest BCUT2D eigenvalue weighted by Gasteiger charge is 2.17. The van der Waals surface area contributed by atoms with Gasteiger partial charge < -0.3 is 9.52 Å². The highest BCUT2D eigenvalue weighted by atomic mass is 16.6. The fourth-order valence-corrected chi connectivity index (χ4v) is 2.21. The van der Waals surface area contributed by atoms with Crippen LogP contribution in [0.3, 0.4) is 0 Å². The summed E-state index contributed by atoms with van der Waals surface area (Å²) in [7, 11) is 0. The molecule has 0 radical (unpaired) electrons. The maximum atomic E-state index is 12.4. The van der Waals surface area contributed by atoms with E-state index < -0.39 is 10.7 Å². The number of nitrogens with zero attached hydrogens (tertiary/aromatic N) is 1. The first-order chi connectivity index (χ1) is 10.6. The van der Waals surface area contributed by atoms with E-state index in [4.69, 9.17) is 9.52 Å². The highest BCUT2D eigenvalue weighted by molar-refractivity contribution is 6.09. The van der Waals surface area contributed by atoms with Crippen molar-refractivity contribution in [2.24, 2.45) is 0 Å². The van der Waals surface area contributed by atoms with Crippen LogP contribution in [0.5, 0.6) is 0 Å². The lowest BCUT2D eigenvalue weighted by Gasteiger charge is -1.97. The third kappa shape index (κ3) is 2.47. The summed E-state index contributed by atoms with van der Waals surface area (Å²) in [6, 6.07) is 12.2. The van der Waals surface area contributed by atoms with E-state index in [1.165, 1.54) is 24.3 Å². The van der Waals surface area contributed by atoms with Crippen LogP contribution in [0, 0.1) is 10.1 Å². The van der Waals surface area contributed by atoms with E-state index in [-0.39, 0.29) is 23.6 Å². The van der Waals surface area contributed by atoms with Gasteiger partial charge in [-0.15, -0.1) is 0 Å². The van der Waals surface area contributed by atoms with Crippen LogP contribution in [0.25, 0.3) is 11.0 Å². The number of rotatable bonds is 4. The lowest BCUT2D eigenvalue weighted by Crippen LogP contribution is -2.00. The maximum Gasteiger partial charge on any atom is 0.270 e. The average molecular weight is 297 g/mol. The molecule has 6 heteroatoms. The van der Waals surface area contributed by atoms with Crippen molar-refractivity contribution >= 4 is 22.4 Å². The molecule has 1 N–H and O–H groups in total. The second-order valence-corrected chi connectivity index (χ2v) is 4.78. The molecule has 110 valence electrons. The summed E-state index contributed by atoms with van der Waals surface area (Å²) in [6.07, 6.45) is 0. The molecule has 0 bridgehead atoms. The lowest BCUT2D eigenvalue weighted by atomic mass is 10.1. The van der Waals surface area contributed by atoms with Gasteiger partial charge in [-0.2, -0.15) is 0 Å². The summed E-state index contributed by atoms with van der Waals surface area (Å²) in [5, 5.41) is 20.6. The van der Waals surface area contributed by atoms with Gasteiger partial charge in [0.1, 0.15) is 5.58 Å². The zero-order chi connectivity index (χ0) is 15.7. The standard InChI is InChI=1S/C16H11NO5/c18-9-10-4-5-14-12(6-10)8-15(22-14)16(19)11-2-1-3-13(7-11)17(20)21/h1-8,18H,9H2. The van der Waals surface area contributed by atoms with Crippen molar-refractivity contribution in [1.29, 1.82) is 0 Å². The van der Waals surface area contributed by atoms with E-state index in [1.807, 2.05) is 0 Å². The Bertz CT molecular complexity index is 881. The Morgan fingerprint density at radius 2 is 2.00 bits per heavy atom. The second kappa shape index (κ2) is 5.42. The van der Waals surface area contributed by atoms with Gasteiger partial charge in [0.25, 0.3) is 5.69 Å². The highest BCUT2D eigenvalue weighted by Crippen LogP contribution is 2.24. The van der Waals surface area contributed by atoms with E-state index in [1.54, 1.807) is 24.3 Å². The second-order valence-electron chi connectivity index (χ2n) is 4.78. The number of hydrogen-bond acceptors (Lipinski definition) is 5. The number of aliphatic hydroxyl groups is 1. The molecule has 0 saturated carbocycles. The Morgan fingerprint density at radius 3 is 2.73 bits per heavy atom. The van der Waals surface area contributed by atoms with Gasteiger partial charge in [0, 0.05) is 23.1 Å². The van der Waals surface area contributed by atoms with Crippen LogP contribution in [-0.4, -0.2) is 15.8 Å². The molecule has 1 aromatic heterocycles. The molecule has 22 heavy (non-hydrogen) atoms. The fraction of sp³-hybridized carbons (Fsp3) is 0.0625. The van der Waals surface area contributed by atoms with Crippen LogP contribution in [0.15, 0.2) is 52.9 Å². The Morgan fingerprint density at radius 1 is 1.18 bits per heavy atom. The summed E-state index contributed by atoms with van der Waals surface area (Å²) < 4.78 is 5.48. The van der Waals surface area contributed by atoms with E-state index in [9.17, 15) is 14.9 Å². The van der Waals surface area contributed by atoms with Gasteiger partial charge in [-0.05, 0) is 23.8 Å². The van der Waals surface area contributed by atoms with Gasteiger partial charge in [0.05, 0.1) is 11.5 Å². The van der Waals surface area contributed by atoms with Gasteiger partial charge >= 0.3 is 0 Å². The minimum atomic E-state index is -0.553. The Labute approximate surface area is 124 Å². The van der Waals surface area contributed by atoms with E-state index in [2.05, 4.69) is 0 Å². The molecule has 0 aliphatic carbocycles. The van der Waals surface area contributed by atoms with Gasteiger partial charge in [0.15, 0.2) is 5.76 Å². The van der Waals surface area contributed by atoms with E-state index >= 15 is 0 Å². The van der Waals surface area contributed by atoms with E-state index in [0.29, 0.717) is 16.5 Å². The summed E-state index contributed by atoms with van der Waals surface area (Å²) >= 11 is 0. The topological polar surface area (TPSA) is 93.6 Å². The quantitative estimate of drug-likeness (QED) is 0.454. The number of hydrogen-bond donors (Lipinski definition) is 1. The summed E-state index contributed by atoms with van der Waals surface area (Å²) in [5.41, 5.74) is 1.27. The largest absolute Gasteiger partial charge is 0.453 e. The predicted molar refractivity (Wildman–Crippen MR) is 78.7 cm³/mol. The minimum Gasteiger partial charge on any atom is -0.453 e. The van der Waals surface area contributed by atoms with Crippen LogP contribution >= 0.6 is 0 Å². The maximum absolute atomic E-state index is 12.4. The van der Waals surface area contributed by atoms with Crippen molar-refractivity contribution < 1.29 is 19.2 Å². The Hall–Kier alpha value is -2.99. The third-order valence-electron chi connectivity index (χ3n) is 3.31. The van der Waals surface area contributed by atoms with Crippen LogP contribution in [0.1, 0.15) is 21.7 Å². The molecule has 0 aliphatic rings. The molecule has 0 fully saturated rings. The average Bonchev–Trinajstić information content (AvgIpc) is 2.97. The molecule has 3 rings (SSSR count). The molecule has 2 aromatic carbocycles. The van der Waals surface area contributed by atoms with Crippen molar-refractivity contribution in [2.75, 3.05) is 0 Å². The number of carbonyl (C=O) groups is 1. The smallest absolute Gasteiger partial charge is 0.270 e. The zero-order valence-electron chi connectivity index (χ0n) is 11.4. The molecular formula is C16H11NO5. The molecule has 3 aromatic rings. The molecular weight excluding hydrogens is 286 g/mol. The molecule has 0 unspecified atom stereocenters. The molecule has 0 spiro atoms. The Balaban J connectivity index is 2.01. The number of fused-ring (bicyclic) bond motifs is 1. The third-order valence-corrected chi connectivity index (χ3v) is 3.31. The van der Waals surface area contributed by atoms with Crippen LogP contribution in [-0.2, 0) is 6.61 Å². The first-order valence-electron chi connectivity index (χ1n) is 6.51. The lowest BCUT2D eigenvalue weighted by molar-refractivity contribution is -0.384. The zero-order valence-corrected chi connectivity index (χ0v) is 11.4. The first-order valence-corrected chi connectivity index (χ1v) is 6.51. The molecule has 0 atom stereocenters. The number of non-ortho nitro benzene ring substituents is 1. The van der Waals surface area contributed by atoms with Gasteiger partial charge in [-0.3, -0.25) is 14.9 Å². The summed E-state index contributed by atoms with van der Waals surface area (Å²) in [5.74, 6) is -0.323. The van der Waals surface area contributed by atoms with Gasteiger partial charge in [-0.25, -0.2) is 0 Å². The fourth-order valence-electron chi connectivity index (χ4n) is 2.21. The summed E-state index contributed by atoms with van der Waals surface area (Å²) in [4.78, 5) is 22.6. The molecule has 0 aliphatic heterocycles. The first kappa shape index (κ1) is 14.0. The number of carbonyl (C=O) groups excluding carboxylic acids is 1. The number of nitro benzene ring substituents is 1. The van der Waals surface area contributed by atoms with Crippen molar-refractivity contribution in [2.45, 2.75) is 6.61 Å². The van der Waals surface area contributed by atoms with E-state index in [0.717, 1.165) is 0 Å². The van der Waals surface area contributed by atoms with Crippen molar-refractivity contribution in [3.8, 4) is 0 Å². The summed E-state index contributed by atoms with van der Waals surface area (Å²) in [6.45, 7) is -0.102.